The first-order chi connectivity index (χ1) is 19.4. The zero-order valence-corrected chi connectivity index (χ0v) is 25.8. The zero-order chi connectivity index (χ0) is 28.4. The molecule has 1 saturated carbocycles. The molecule has 4 rings (SSSR count). The van der Waals surface area contributed by atoms with Crippen LogP contribution in [0.1, 0.15) is 114 Å². The maximum Gasteiger partial charge on any atom is 0.282 e. The SMILES string of the molecule is CCC[N+]1(CCCCCN2CCCCC2C(=O)NC2CCCCC2)CCCCC1C(=O)Nc1c(C)cccc1C. The van der Waals surface area contributed by atoms with Crippen molar-refractivity contribution in [3.63, 3.8) is 0 Å². The number of likely N-dealkylation sites (tertiary alicyclic amines) is 2. The number of benzene rings is 1. The first-order valence-electron chi connectivity index (χ1n) is 16.7. The first kappa shape index (κ1) is 31.0. The number of para-hydroxylation sites is 1. The minimum absolute atomic E-state index is 0.0441. The van der Waals surface area contributed by atoms with E-state index in [4.69, 9.17) is 0 Å². The van der Waals surface area contributed by atoms with Gasteiger partial charge in [0.1, 0.15) is 0 Å². The third kappa shape index (κ3) is 8.09. The molecule has 6 heteroatoms. The van der Waals surface area contributed by atoms with Gasteiger partial charge in [0, 0.05) is 18.2 Å². The van der Waals surface area contributed by atoms with Crippen molar-refractivity contribution in [2.75, 3.05) is 38.0 Å². The van der Waals surface area contributed by atoms with Gasteiger partial charge < -0.3 is 15.1 Å². The number of quaternary nitrogens is 1. The third-order valence-electron chi connectivity index (χ3n) is 10.1. The summed E-state index contributed by atoms with van der Waals surface area (Å²) in [5.74, 6) is 0.496. The molecule has 0 radical (unpaired) electrons. The monoisotopic (exact) mass is 553 g/mol. The summed E-state index contributed by atoms with van der Waals surface area (Å²) >= 11 is 0. The Balaban J connectivity index is 1.30. The Morgan fingerprint density at radius 2 is 1.57 bits per heavy atom. The van der Waals surface area contributed by atoms with Crippen LogP contribution in [0.3, 0.4) is 0 Å². The number of rotatable bonds is 12. The van der Waals surface area contributed by atoms with Crippen molar-refractivity contribution >= 4 is 17.5 Å². The minimum atomic E-state index is 0.0441. The number of nitrogens with one attached hydrogen (secondary N) is 2. The highest BCUT2D eigenvalue weighted by molar-refractivity contribution is 5.95. The molecule has 2 amide bonds. The van der Waals surface area contributed by atoms with Crippen LogP contribution in [-0.2, 0) is 9.59 Å². The van der Waals surface area contributed by atoms with E-state index in [0.29, 0.717) is 6.04 Å². The van der Waals surface area contributed by atoms with Gasteiger partial charge >= 0.3 is 0 Å². The van der Waals surface area contributed by atoms with E-state index >= 15 is 0 Å². The van der Waals surface area contributed by atoms with E-state index in [9.17, 15) is 9.59 Å². The summed E-state index contributed by atoms with van der Waals surface area (Å²) in [6.07, 6.45) is 17.4. The Labute approximate surface area is 244 Å². The number of piperidine rings is 2. The number of amides is 2. The van der Waals surface area contributed by atoms with Crippen molar-refractivity contribution in [3.05, 3.63) is 29.3 Å². The fraction of sp³-hybridized carbons (Fsp3) is 0.765. The predicted molar refractivity (Wildman–Crippen MR) is 165 cm³/mol. The third-order valence-corrected chi connectivity index (χ3v) is 10.1. The fourth-order valence-electron chi connectivity index (χ4n) is 7.90. The van der Waals surface area contributed by atoms with E-state index in [1.807, 2.05) is 0 Å². The van der Waals surface area contributed by atoms with Gasteiger partial charge in [-0.15, -0.1) is 0 Å². The summed E-state index contributed by atoms with van der Waals surface area (Å²) in [5, 5.41) is 6.75. The quantitative estimate of drug-likeness (QED) is 0.230. The lowest BCUT2D eigenvalue weighted by molar-refractivity contribution is -0.947. The number of carbonyl (C=O) groups is 2. The molecule has 6 nitrogen and oxygen atoms in total. The zero-order valence-electron chi connectivity index (χ0n) is 25.8. The van der Waals surface area contributed by atoms with Crippen LogP contribution in [0.2, 0.25) is 0 Å². The van der Waals surface area contributed by atoms with Crippen molar-refractivity contribution in [1.82, 2.24) is 10.2 Å². The summed E-state index contributed by atoms with van der Waals surface area (Å²) in [6, 6.07) is 6.74. The molecular weight excluding hydrogens is 496 g/mol. The lowest BCUT2D eigenvalue weighted by atomic mass is 9.94. The largest absolute Gasteiger partial charge is 0.352 e. The summed E-state index contributed by atoms with van der Waals surface area (Å²) in [7, 11) is 0. The van der Waals surface area contributed by atoms with Crippen LogP contribution in [0, 0.1) is 13.8 Å². The number of hydrogen-bond donors (Lipinski definition) is 2. The summed E-state index contributed by atoms with van der Waals surface area (Å²) in [4.78, 5) is 29.4. The predicted octanol–water partition coefficient (Wildman–Crippen LogP) is 6.49. The average Bonchev–Trinajstić information content (AvgIpc) is 2.96. The van der Waals surface area contributed by atoms with E-state index in [2.05, 4.69) is 54.5 Å². The second-order valence-corrected chi connectivity index (χ2v) is 13.1. The second kappa shape index (κ2) is 15.3. The molecular formula is C34H57N4O2+. The second-order valence-electron chi connectivity index (χ2n) is 13.1. The molecule has 3 unspecified atom stereocenters. The van der Waals surface area contributed by atoms with Gasteiger partial charge in [-0.05, 0) is 102 Å². The minimum Gasteiger partial charge on any atom is -0.352 e. The van der Waals surface area contributed by atoms with Crippen LogP contribution >= 0.6 is 0 Å². The molecule has 3 fully saturated rings. The molecule has 0 spiro atoms. The number of carbonyl (C=O) groups excluding carboxylic acids is 2. The number of nitrogens with zero attached hydrogens (tertiary/aromatic N) is 2. The van der Waals surface area contributed by atoms with Crippen LogP contribution in [0.15, 0.2) is 18.2 Å². The normalized spacial score (nSPS) is 26.4. The Hall–Kier alpha value is -1.92. The maximum atomic E-state index is 13.7. The average molecular weight is 554 g/mol. The maximum absolute atomic E-state index is 13.7. The van der Waals surface area contributed by atoms with E-state index in [1.54, 1.807) is 0 Å². The van der Waals surface area contributed by atoms with E-state index in [0.717, 1.165) is 105 Å². The van der Waals surface area contributed by atoms with Crippen molar-refractivity contribution < 1.29 is 14.1 Å². The van der Waals surface area contributed by atoms with Gasteiger partial charge in [-0.2, -0.15) is 0 Å². The highest BCUT2D eigenvalue weighted by atomic mass is 16.2. The molecule has 3 aliphatic rings. The molecule has 2 aliphatic heterocycles. The van der Waals surface area contributed by atoms with E-state index in [1.165, 1.54) is 44.9 Å². The summed E-state index contributed by atoms with van der Waals surface area (Å²) < 4.78 is 0.948. The molecule has 1 aromatic carbocycles. The van der Waals surface area contributed by atoms with Crippen LogP contribution in [0.5, 0.6) is 0 Å². The Kier molecular flexibility index (Phi) is 11.9. The van der Waals surface area contributed by atoms with Crippen molar-refractivity contribution in [3.8, 4) is 0 Å². The van der Waals surface area contributed by atoms with Crippen molar-refractivity contribution in [1.29, 1.82) is 0 Å². The molecule has 0 bridgehead atoms. The van der Waals surface area contributed by atoms with Crippen LogP contribution < -0.4 is 10.6 Å². The molecule has 2 saturated heterocycles. The molecule has 40 heavy (non-hydrogen) atoms. The lowest BCUT2D eigenvalue weighted by Crippen LogP contribution is -2.62. The van der Waals surface area contributed by atoms with Gasteiger partial charge in [-0.3, -0.25) is 14.5 Å². The molecule has 2 heterocycles. The summed E-state index contributed by atoms with van der Waals surface area (Å²) in [6.45, 7) is 11.8. The van der Waals surface area contributed by atoms with E-state index in [-0.39, 0.29) is 23.9 Å². The highest BCUT2D eigenvalue weighted by Gasteiger charge is 2.43. The lowest BCUT2D eigenvalue weighted by Gasteiger charge is -2.47. The van der Waals surface area contributed by atoms with Crippen molar-refractivity contribution in [2.45, 2.75) is 135 Å². The van der Waals surface area contributed by atoms with Crippen molar-refractivity contribution in [2.24, 2.45) is 0 Å². The van der Waals surface area contributed by atoms with Gasteiger partial charge in [-0.1, -0.05) is 50.8 Å². The Morgan fingerprint density at radius 3 is 2.33 bits per heavy atom. The Morgan fingerprint density at radius 1 is 0.850 bits per heavy atom. The Bertz CT molecular complexity index is 935. The molecule has 1 aliphatic carbocycles. The van der Waals surface area contributed by atoms with Crippen LogP contribution in [0.4, 0.5) is 5.69 Å². The molecule has 1 aromatic rings. The number of anilines is 1. The smallest absolute Gasteiger partial charge is 0.282 e. The first-order valence-corrected chi connectivity index (χ1v) is 16.7. The topological polar surface area (TPSA) is 61.4 Å². The standard InChI is InChI=1S/C34H56N4O2/c1-4-24-38(26-14-10-21-31(38)34(40)36-32-27(2)16-15-17-28(32)3)25-13-6-11-22-37-23-12-9-20-30(37)33(39)35-29-18-7-5-8-19-29/h15-17,29-31H,4-14,18-26H2,1-3H3,(H-,35,36,39,40)/p+1. The van der Waals surface area contributed by atoms with Crippen LogP contribution in [-0.4, -0.2) is 72.0 Å². The van der Waals surface area contributed by atoms with Gasteiger partial charge in [-0.25, -0.2) is 0 Å². The van der Waals surface area contributed by atoms with Gasteiger partial charge in [0.15, 0.2) is 6.04 Å². The molecule has 3 atom stereocenters. The molecule has 224 valence electrons. The molecule has 0 aromatic heterocycles. The molecule has 2 N–H and O–H groups in total. The van der Waals surface area contributed by atoms with Gasteiger partial charge in [0.25, 0.3) is 5.91 Å². The fourth-order valence-corrected chi connectivity index (χ4v) is 7.90. The van der Waals surface area contributed by atoms with Crippen LogP contribution in [0.25, 0.3) is 0 Å². The number of hydrogen-bond acceptors (Lipinski definition) is 3. The number of unbranched alkanes of at least 4 members (excludes halogenated alkanes) is 2. The summed E-state index contributed by atoms with van der Waals surface area (Å²) in [5.41, 5.74) is 3.28. The van der Waals surface area contributed by atoms with E-state index < -0.39 is 0 Å². The van der Waals surface area contributed by atoms with Gasteiger partial charge in [0.05, 0.1) is 25.7 Å². The number of aryl methyl sites for hydroxylation is 2. The van der Waals surface area contributed by atoms with Gasteiger partial charge in [0.2, 0.25) is 5.91 Å². The highest BCUT2D eigenvalue weighted by Crippen LogP contribution is 2.30.